The van der Waals surface area contributed by atoms with E-state index in [1.165, 1.54) is 0 Å². The van der Waals surface area contributed by atoms with Crippen LogP contribution in [0, 0.1) is 0 Å². The molecule has 4 atom stereocenters. The highest BCUT2D eigenvalue weighted by molar-refractivity contribution is 4.60. The molecule has 0 aromatic carbocycles. The number of hydrazine groups is 3. The Hall–Kier alpha value is -0.360. The van der Waals surface area contributed by atoms with Gasteiger partial charge in [0, 0.05) is 19.6 Å². The maximum Gasteiger partial charge on any atom is 0.0768 e. The van der Waals surface area contributed by atoms with Gasteiger partial charge in [0.1, 0.15) is 0 Å². The predicted molar refractivity (Wildman–Crippen MR) is 84.1 cm³/mol. The number of hydrogen-bond donors (Lipinski definition) is 7. The summed E-state index contributed by atoms with van der Waals surface area (Å²) in [5.74, 6) is 0. The van der Waals surface area contributed by atoms with Crippen molar-refractivity contribution >= 4 is 0 Å². The molecule has 0 aliphatic rings. The van der Waals surface area contributed by atoms with Crippen LogP contribution in [0.2, 0.25) is 0 Å². The van der Waals surface area contributed by atoms with Gasteiger partial charge in [0.25, 0.3) is 0 Å². The summed E-state index contributed by atoms with van der Waals surface area (Å²) in [6.07, 6.45) is -2.10. The Morgan fingerprint density at radius 1 is 0.682 bits per heavy atom. The molecule has 0 rings (SSSR count). The summed E-state index contributed by atoms with van der Waals surface area (Å²) >= 11 is 0. The first-order valence-electron chi connectivity index (χ1n) is 7.66. The minimum absolute atomic E-state index is 0.325. The molecule has 134 valence electrons. The van der Waals surface area contributed by atoms with Gasteiger partial charge in [0.2, 0.25) is 0 Å². The molecule has 0 fully saturated rings. The van der Waals surface area contributed by atoms with E-state index in [0.717, 1.165) is 0 Å². The average molecular weight is 323 g/mol. The van der Waals surface area contributed by atoms with E-state index in [0.29, 0.717) is 32.8 Å². The van der Waals surface area contributed by atoms with Gasteiger partial charge in [-0.3, -0.25) is 5.43 Å². The Morgan fingerprint density at radius 2 is 1.18 bits per heavy atom. The summed E-state index contributed by atoms with van der Waals surface area (Å²) in [7, 11) is 0. The fraction of sp³-hybridized carbons (Fsp3) is 1.00. The summed E-state index contributed by atoms with van der Waals surface area (Å²) in [5.41, 5.74) is 9.05. The molecule has 0 radical (unpaired) electrons. The lowest BCUT2D eigenvalue weighted by atomic mass is 10.4. The van der Waals surface area contributed by atoms with Gasteiger partial charge in [-0.1, -0.05) is 0 Å². The third kappa shape index (κ3) is 13.3. The van der Waals surface area contributed by atoms with E-state index < -0.39 is 24.4 Å². The van der Waals surface area contributed by atoms with E-state index in [-0.39, 0.29) is 0 Å². The van der Waals surface area contributed by atoms with Crippen molar-refractivity contribution in [1.29, 1.82) is 0 Å². The van der Waals surface area contributed by atoms with Gasteiger partial charge in [0.05, 0.1) is 37.6 Å². The Labute approximate surface area is 132 Å². The van der Waals surface area contributed by atoms with Crippen molar-refractivity contribution in [2.45, 2.75) is 52.1 Å². The molecule has 0 amide bonds. The highest BCUT2D eigenvalue weighted by Gasteiger charge is 2.13. The quantitative estimate of drug-likeness (QED) is 0.147. The van der Waals surface area contributed by atoms with Crippen LogP contribution in [0.25, 0.3) is 0 Å². The second-order valence-corrected chi connectivity index (χ2v) is 5.77. The van der Waals surface area contributed by atoms with E-state index in [1.54, 1.807) is 37.8 Å². The summed E-state index contributed by atoms with van der Waals surface area (Å²) in [6, 6.07) is 0. The second-order valence-electron chi connectivity index (χ2n) is 5.77. The van der Waals surface area contributed by atoms with Crippen LogP contribution in [-0.2, 0) is 0 Å². The van der Waals surface area contributed by atoms with Crippen LogP contribution in [0.4, 0.5) is 0 Å². The average Bonchev–Trinajstić information content (AvgIpc) is 2.37. The molecule has 9 heteroatoms. The maximum atomic E-state index is 9.50. The first-order valence-corrected chi connectivity index (χ1v) is 7.66. The van der Waals surface area contributed by atoms with Crippen LogP contribution >= 0.6 is 0 Å². The maximum absolute atomic E-state index is 9.50. The Kier molecular flexibility index (Phi) is 11.9. The standard InChI is InChI=1S/C13H33N5O4/c1-10(19)5-14-17(7-12(3)21)9-16-18(8-13(4)22)15-6-11(2)20/h10-16,19-22H,5-9H2,1-4H3. The van der Waals surface area contributed by atoms with Crippen LogP contribution < -0.4 is 16.3 Å². The van der Waals surface area contributed by atoms with E-state index >= 15 is 0 Å². The molecule has 0 spiro atoms. The molecule has 7 N–H and O–H groups in total. The predicted octanol–water partition coefficient (Wildman–Crippen LogP) is -2.42. The van der Waals surface area contributed by atoms with Gasteiger partial charge >= 0.3 is 0 Å². The molecule has 0 aliphatic heterocycles. The van der Waals surface area contributed by atoms with Gasteiger partial charge in [-0.2, -0.15) is 5.12 Å². The lowest BCUT2D eigenvalue weighted by molar-refractivity contribution is -0.00355. The van der Waals surface area contributed by atoms with Crippen molar-refractivity contribution in [3.63, 3.8) is 0 Å². The van der Waals surface area contributed by atoms with Crippen LogP contribution in [0.3, 0.4) is 0 Å². The molecule has 22 heavy (non-hydrogen) atoms. The molecule has 0 saturated carbocycles. The molecule has 0 aromatic heterocycles. The number of rotatable bonds is 13. The molecule has 0 saturated heterocycles. The second kappa shape index (κ2) is 12.1. The summed E-state index contributed by atoms with van der Waals surface area (Å²) < 4.78 is 0. The first-order chi connectivity index (χ1) is 10.2. The summed E-state index contributed by atoms with van der Waals surface area (Å²) in [5, 5.41) is 41.0. The van der Waals surface area contributed by atoms with E-state index in [4.69, 9.17) is 0 Å². The van der Waals surface area contributed by atoms with Crippen LogP contribution in [0.1, 0.15) is 27.7 Å². The Morgan fingerprint density at radius 3 is 1.64 bits per heavy atom. The molecular weight excluding hydrogens is 290 g/mol. The lowest BCUT2D eigenvalue weighted by Crippen LogP contribution is -2.58. The van der Waals surface area contributed by atoms with E-state index in [1.807, 2.05) is 0 Å². The summed E-state index contributed by atoms with van der Waals surface area (Å²) in [6.45, 7) is 8.43. The molecule has 0 aromatic rings. The van der Waals surface area contributed by atoms with Gasteiger partial charge in [0.15, 0.2) is 0 Å². The zero-order valence-electron chi connectivity index (χ0n) is 14.0. The Bertz CT molecular complexity index is 241. The largest absolute Gasteiger partial charge is 0.392 e. The number of hydrogen-bond acceptors (Lipinski definition) is 9. The Balaban J connectivity index is 4.37. The topological polar surface area (TPSA) is 123 Å². The minimum Gasteiger partial charge on any atom is -0.392 e. The first kappa shape index (κ1) is 21.6. The third-order valence-corrected chi connectivity index (χ3v) is 2.57. The van der Waals surface area contributed by atoms with Gasteiger partial charge < -0.3 is 20.4 Å². The van der Waals surface area contributed by atoms with Crippen molar-refractivity contribution in [1.82, 2.24) is 26.4 Å². The fourth-order valence-electron chi connectivity index (χ4n) is 1.63. The smallest absolute Gasteiger partial charge is 0.0768 e. The van der Waals surface area contributed by atoms with Crippen molar-refractivity contribution < 1.29 is 20.4 Å². The number of nitrogens with zero attached hydrogens (tertiary/aromatic N) is 2. The number of aliphatic hydroxyl groups is 4. The van der Waals surface area contributed by atoms with Gasteiger partial charge in [-0.05, 0) is 27.7 Å². The van der Waals surface area contributed by atoms with Gasteiger partial charge in [-0.25, -0.2) is 15.9 Å². The molecule has 4 unspecified atom stereocenters. The van der Waals surface area contributed by atoms with Crippen LogP contribution in [0.15, 0.2) is 0 Å². The highest BCUT2D eigenvalue weighted by Crippen LogP contribution is 1.90. The van der Waals surface area contributed by atoms with Crippen molar-refractivity contribution in [3.8, 4) is 0 Å². The third-order valence-electron chi connectivity index (χ3n) is 2.57. The highest BCUT2D eigenvalue weighted by atomic mass is 16.3. The normalized spacial score (nSPS) is 17.7. The van der Waals surface area contributed by atoms with E-state index in [2.05, 4.69) is 16.3 Å². The summed E-state index contributed by atoms with van der Waals surface area (Å²) in [4.78, 5) is 0. The van der Waals surface area contributed by atoms with Crippen molar-refractivity contribution in [2.75, 3.05) is 32.8 Å². The van der Waals surface area contributed by atoms with Crippen LogP contribution in [0.5, 0.6) is 0 Å². The molecular formula is C13H33N5O4. The minimum atomic E-state index is -0.551. The molecule has 0 aliphatic carbocycles. The van der Waals surface area contributed by atoms with Crippen molar-refractivity contribution in [3.05, 3.63) is 0 Å². The van der Waals surface area contributed by atoms with Crippen molar-refractivity contribution in [2.24, 2.45) is 0 Å². The zero-order valence-corrected chi connectivity index (χ0v) is 14.0. The zero-order chi connectivity index (χ0) is 17.1. The monoisotopic (exact) mass is 323 g/mol. The van der Waals surface area contributed by atoms with Crippen LogP contribution in [-0.4, -0.2) is 87.8 Å². The fourth-order valence-corrected chi connectivity index (χ4v) is 1.63. The number of nitrogens with one attached hydrogen (secondary N) is 3. The van der Waals surface area contributed by atoms with Gasteiger partial charge in [-0.15, -0.1) is 0 Å². The molecule has 0 heterocycles. The number of aliphatic hydroxyl groups excluding tert-OH is 4. The SMILES string of the molecule is CC(O)CNN(CNN(CC(C)O)NCC(C)O)CC(C)O. The molecule has 9 nitrogen and oxygen atoms in total. The van der Waals surface area contributed by atoms with E-state index in [9.17, 15) is 20.4 Å². The molecule has 0 bridgehead atoms. The lowest BCUT2D eigenvalue weighted by Gasteiger charge is -2.31.